The van der Waals surface area contributed by atoms with E-state index in [2.05, 4.69) is 31.4 Å². The van der Waals surface area contributed by atoms with Crippen LogP contribution in [0.15, 0.2) is 16.9 Å². The van der Waals surface area contributed by atoms with Gasteiger partial charge < -0.3 is 5.32 Å². The van der Waals surface area contributed by atoms with Crippen LogP contribution in [0.5, 0.6) is 0 Å². The Kier molecular flexibility index (Phi) is 5.48. The van der Waals surface area contributed by atoms with Gasteiger partial charge in [0.25, 0.3) is 0 Å². The van der Waals surface area contributed by atoms with E-state index in [1.807, 2.05) is 13.8 Å². The summed E-state index contributed by atoms with van der Waals surface area (Å²) in [6.07, 6.45) is 2.83. The standard InChI is InChI=1S/C13H17BrN6O3/c1-9-13(14)10(2)19(17-9)5-3-12(21)15-4-6-18-8-11(7-16-18)20(22)23/h7-8H,3-6H2,1-2H3,(H,15,21). The van der Waals surface area contributed by atoms with E-state index in [1.54, 1.807) is 4.68 Å². The Morgan fingerprint density at radius 3 is 2.74 bits per heavy atom. The number of aromatic nitrogens is 4. The fourth-order valence-electron chi connectivity index (χ4n) is 2.07. The molecule has 2 aromatic heterocycles. The molecule has 0 fully saturated rings. The molecule has 0 saturated heterocycles. The van der Waals surface area contributed by atoms with Crippen LogP contribution in [0.3, 0.4) is 0 Å². The molecule has 0 bridgehead atoms. The first-order chi connectivity index (χ1) is 10.9. The van der Waals surface area contributed by atoms with Gasteiger partial charge in [-0.2, -0.15) is 10.2 Å². The average Bonchev–Trinajstić information content (AvgIpc) is 3.06. The van der Waals surface area contributed by atoms with Gasteiger partial charge in [0.2, 0.25) is 5.91 Å². The van der Waals surface area contributed by atoms with E-state index in [1.165, 1.54) is 17.1 Å². The van der Waals surface area contributed by atoms with Gasteiger partial charge in [-0.3, -0.25) is 24.3 Å². The van der Waals surface area contributed by atoms with Gasteiger partial charge in [0.1, 0.15) is 12.4 Å². The van der Waals surface area contributed by atoms with E-state index in [0.29, 0.717) is 26.1 Å². The summed E-state index contributed by atoms with van der Waals surface area (Å²) in [4.78, 5) is 21.9. The Bertz CT molecular complexity index is 723. The molecule has 0 atom stereocenters. The molecule has 0 unspecified atom stereocenters. The number of aryl methyl sites for hydroxylation is 2. The van der Waals surface area contributed by atoms with E-state index < -0.39 is 4.92 Å². The van der Waals surface area contributed by atoms with E-state index in [-0.39, 0.29) is 11.6 Å². The summed E-state index contributed by atoms with van der Waals surface area (Å²) < 4.78 is 4.17. The zero-order valence-electron chi connectivity index (χ0n) is 12.8. The summed E-state index contributed by atoms with van der Waals surface area (Å²) in [5, 5.41) is 21.5. The smallest absolute Gasteiger partial charge is 0.306 e. The fourth-order valence-corrected chi connectivity index (χ4v) is 2.35. The van der Waals surface area contributed by atoms with Crippen molar-refractivity contribution in [3.63, 3.8) is 0 Å². The molecule has 0 aliphatic rings. The summed E-state index contributed by atoms with van der Waals surface area (Å²) in [5.74, 6) is -0.102. The summed E-state index contributed by atoms with van der Waals surface area (Å²) in [7, 11) is 0. The highest BCUT2D eigenvalue weighted by atomic mass is 79.9. The van der Waals surface area contributed by atoms with Crippen LogP contribution in [-0.4, -0.2) is 36.9 Å². The number of carbonyl (C=O) groups excluding carboxylic acids is 1. The van der Waals surface area contributed by atoms with Crippen molar-refractivity contribution >= 4 is 27.5 Å². The number of carbonyl (C=O) groups is 1. The number of amides is 1. The first-order valence-corrected chi connectivity index (χ1v) is 7.81. The highest BCUT2D eigenvalue weighted by Gasteiger charge is 2.11. The minimum absolute atomic E-state index is 0.0635. The maximum Gasteiger partial charge on any atom is 0.306 e. The van der Waals surface area contributed by atoms with Crippen molar-refractivity contribution in [1.82, 2.24) is 24.9 Å². The molecule has 0 aliphatic heterocycles. The van der Waals surface area contributed by atoms with Crippen molar-refractivity contribution < 1.29 is 9.72 Å². The van der Waals surface area contributed by atoms with Crippen LogP contribution in [0.25, 0.3) is 0 Å². The highest BCUT2D eigenvalue weighted by Crippen LogP contribution is 2.19. The van der Waals surface area contributed by atoms with E-state index in [4.69, 9.17) is 0 Å². The second kappa shape index (κ2) is 7.36. The predicted molar refractivity (Wildman–Crippen MR) is 85.9 cm³/mol. The zero-order valence-corrected chi connectivity index (χ0v) is 14.4. The summed E-state index contributed by atoms with van der Waals surface area (Å²) in [6, 6.07) is 0. The number of nitro groups is 1. The molecule has 23 heavy (non-hydrogen) atoms. The Morgan fingerprint density at radius 1 is 1.43 bits per heavy atom. The Hall–Kier alpha value is -2.23. The molecule has 0 radical (unpaired) electrons. The van der Waals surface area contributed by atoms with Crippen molar-refractivity contribution in [2.75, 3.05) is 6.54 Å². The maximum absolute atomic E-state index is 11.8. The average molecular weight is 385 g/mol. The van der Waals surface area contributed by atoms with Crippen LogP contribution in [0.2, 0.25) is 0 Å². The number of hydrogen-bond donors (Lipinski definition) is 1. The molecule has 0 aromatic carbocycles. The predicted octanol–water partition coefficient (Wildman–Crippen LogP) is 1.57. The van der Waals surface area contributed by atoms with Gasteiger partial charge in [-0.05, 0) is 29.8 Å². The molecule has 1 N–H and O–H groups in total. The summed E-state index contributed by atoms with van der Waals surface area (Å²) >= 11 is 3.45. The molecular weight excluding hydrogens is 368 g/mol. The summed E-state index contributed by atoms with van der Waals surface area (Å²) in [5.41, 5.74) is 1.81. The van der Waals surface area contributed by atoms with Gasteiger partial charge in [0.15, 0.2) is 0 Å². The minimum atomic E-state index is -0.505. The first kappa shape index (κ1) is 17.1. The quantitative estimate of drug-likeness (QED) is 0.575. The van der Waals surface area contributed by atoms with Gasteiger partial charge in [-0.25, -0.2) is 0 Å². The highest BCUT2D eigenvalue weighted by molar-refractivity contribution is 9.10. The Morgan fingerprint density at radius 2 is 2.17 bits per heavy atom. The Balaban J connectivity index is 1.74. The number of rotatable bonds is 7. The van der Waals surface area contributed by atoms with Gasteiger partial charge >= 0.3 is 5.69 Å². The molecule has 2 aromatic rings. The molecule has 124 valence electrons. The number of hydrogen-bond acceptors (Lipinski definition) is 5. The van der Waals surface area contributed by atoms with Crippen molar-refractivity contribution in [3.05, 3.63) is 38.4 Å². The van der Waals surface area contributed by atoms with Gasteiger partial charge in [-0.1, -0.05) is 0 Å². The van der Waals surface area contributed by atoms with Crippen LogP contribution >= 0.6 is 15.9 Å². The molecule has 2 heterocycles. The van der Waals surface area contributed by atoms with Crippen molar-refractivity contribution in [3.8, 4) is 0 Å². The lowest BCUT2D eigenvalue weighted by Crippen LogP contribution is -2.28. The first-order valence-electron chi connectivity index (χ1n) is 7.01. The van der Waals surface area contributed by atoms with Crippen LogP contribution in [0.4, 0.5) is 5.69 Å². The van der Waals surface area contributed by atoms with Gasteiger partial charge in [0, 0.05) is 18.7 Å². The van der Waals surface area contributed by atoms with Crippen LogP contribution in [0, 0.1) is 24.0 Å². The normalized spacial score (nSPS) is 10.7. The zero-order chi connectivity index (χ0) is 17.0. The van der Waals surface area contributed by atoms with Crippen LogP contribution in [-0.2, 0) is 17.9 Å². The van der Waals surface area contributed by atoms with E-state index in [0.717, 1.165) is 15.9 Å². The third-order valence-electron chi connectivity index (χ3n) is 3.34. The molecule has 2 rings (SSSR count). The molecule has 10 heteroatoms. The number of nitrogens with zero attached hydrogens (tertiary/aromatic N) is 5. The lowest BCUT2D eigenvalue weighted by Gasteiger charge is -2.06. The molecule has 1 amide bonds. The maximum atomic E-state index is 11.8. The molecule has 9 nitrogen and oxygen atoms in total. The van der Waals surface area contributed by atoms with Crippen molar-refractivity contribution in [2.45, 2.75) is 33.4 Å². The number of nitrogens with one attached hydrogen (secondary N) is 1. The van der Waals surface area contributed by atoms with Crippen LogP contribution < -0.4 is 5.32 Å². The lowest BCUT2D eigenvalue weighted by molar-refractivity contribution is -0.385. The topological polar surface area (TPSA) is 108 Å². The van der Waals surface area contributed by atoms with Crippen molar-refractivity contribution in [2.24, 2.45) is 0 Å². The number of halogens is 1. The fraction of sp³-hybridized carbons (Fsp3) is 0.462. The monoisotopic (exact) mass is 384 g/mol. The summed E-state index contributed by atoms with van der Waals surface area (Å²) in [6.45, 7) is 5.07. The second-order valence-corrected chi connectivity index (χ2v) is 5.82. The van der Waals surface area contributed by atoms with Crippen molar-refractivity contribution in [1.29, 1.82) is 0 Å². The molecule has 0 aliphatic carbocycles. The largest absolute Gasteiger partial charge is 0.354 e. The van der Waals surface area contributed by atoms with Crippen LogP contribution in [0.1, 0.15) is 17.8 Å². The molecular formula is C13H17BrN6O3. The van der Waals surface area contributed by atoms with E-state index in [9.17, 15) is 14.9 Å². The van der Waals surface area contributed by atoms with Gasteiger partial charge in [-0.15, -0.1) is 0 Å². The minimum Gasteiger partial charge on any atom is -0.354 e. The molecule has 0 saturated carbocycles. The third-order valence-corrected chi connectivity index (χ3v) is 4.48. The third kappa shape index (κ3) is 4.38. The lowest BCUT2D eigenvalue weighted by atomic mass is 10.3. The SMILES string of the molecule is Cc1nn(CCC(=O)NCCn2cc([N+](=O)[O-])cn2)c(C)c1Br. The van der Waals surface area contributed by atoms with E-state index >= 15 is 0 Å². The molecule has 0 spiro atoms. The Labute approximate surface area is 140 Å². The van der Waals surface area contributed by atoms with Gasteiger partial charge in [0.05, 0.1) is 28.2 Å². The second-order valence-electron chi connectivity index (χ2n) is 5.03.